The number of hydrogen-bond donors (Lipinski definition) is 0. The van der Waals surface area contributed by atoms with Gasteiger partial charge >= 0.3 is 0 Å². The molecule has 0 spiro atoms. The lowest BCUT2D eigenvalue weighted by molar-refractivity contribution is 0.612. The molecule has 0 aliphatic carbocycles. The number of imidazole rings is 1. The standard InChI is InChI=1S/C64H49N4/c1-45(2)66-44-67(60-36-18-17-35-59(60)66)53-30-19-29-51(42-53)64(49-25-11-5-12-26-49,50-27-13-6-14-28-50)52-37-38-57-56-31-15-16-34-58(56)68(61(57)43-52)62-41-48(39-40-65-62)63-54(46-21-7-3-8-22-46)32-20-33-55(63)47-23-9-4-10-24-47/h3-45H,1-2H3/q+1. The molecule has 68 heavy (non-hydrogen) atoms. The highest BCUT2D eigenvalue weighted by molar-refractivity contribution is 6.09. The molecule has 324 valence electrons. The molecule has 0 aliphatic heterocycles. The van der Waals surface area contributed by atoms with Crippen molar-refractivity contribution in [2.24, 2.45) is 0 Å². The summed E-state index contributed by atoms with van der Waals surface area (Å²) in [7, 11) is 0. The maximum Gasteiger partial charge on any atom is 0.191 e. The largest absolute Gasteiger partial charge is 0.294 e. The Morgan fingerprint density at radius 2 is 0.941 bits per heavy atom. The van der Waals surface area contributed by atoms with Crippen molar-refractivity contribution >= 4 is 32.8 Å². The molecule has 3 aromatic heterocycles. The van der Waals surface area contributed by atoms with Gasteiger partial charge in [-0.2, -0.15) is 4.57 Å². The lowest BCUT2D eigenvalue weighted by atomic mass is 9.65. The summed E-state index contributed by atoms with van der Waals surface area (Å²) >= 11 is 0. The van der Waals surface area contributed by atoms with Gasteiger partial charge in [0.05, 0.1) is 22.5 Å². The van der Waals surface area contributed by atoms with Gasteiger partial charge in [-0.25, -0.2) is 9.55 Å². The van der Waals surface area contributed by atoms with Crippen molar-refractivity contribution in [1.82, 2.24) is 18.7 Å². The van der Waals surface area contributed by atoms with E-state index in [9.17, 15) is 0 Å². The zero-order valence-corrected chi connectivity index (χ0v) is 38.1. The minimum Gasteiger partial charge on any atom is -0.294 e. The van der Waals surface area contributed by atoms with E-state index in [1.165, 1.54) is 66.3 Å². The lowest BCUT2D eigenvalue weighted by Gasteiger charge is -2.37. The molecule has 4 nitrogen and oxygen atoms in total. The van der Waals surface area contributed by atoms with Crippen molar-refractivity contribution in [3.05, 3.63) is 277 Å². The van der Waals surface area contributed by atoms with Crippen LogP contribution in [0.1, 0.15) is 42.1 Å². The maximum absolute atomic E-state index is 5.22. The monoisotopic (exact) mass is 873 g/mol. The number of fused-ring (bicyclic) bond motifs is 4. The fraction of sp³-hybridized carbons (Fsp3) is 0.0625. The van der Waals surface area contributed by atoms with E-state index in [1.807, 2.05) is 6.20 Å². The molecule has 0 fully saturated rings. The fourth-order valence-electron chi connectivity index (χ4n) is 10.7. The third-order valence-corrected chi connectivity index (χ3v) is 13.8. The van der Waals surface area contributed by atoms with Crippen LogP contribution in [0.25, 0.3) is 77.7 Å². The van der Waals surface area contributed by atoms with Gasteiger partial charge < -0.3 is 0 Å². The highest BCUT2D eigenvalue weighted by atomic mass is 15.1. The summed E-state index contributed by atoms with van der Waals surface area (Å²) in [4.78, 5) is 5.22. The number of aromatic nitrogens is 4. The zero-order chi connectivity index (χ0) is 45.6. The van der Waals surface area contributed by atoms with E-state index in [0.717, 1.165) is 33.7 Å². The van der Waals surface area contributed by atoms with Crippen LogP contribution in [-0.4, -0.2) is 18.7 Å². The highest BCUT2D eigenvalue weighted by Crippen LogP contribution is 2.48. The second-order valence-electron chi connectivity index (χ2n) is 18.0. The van der Waals surface area contributed by atoms with Gasteiger partial charge in [0.1, 0.15) is 11.5 Å². The predicted molar refractivity (Wildman–Crippen MR) is 283 cm³/mol. The van der Waals surface area contributed by atoms with Crippen LogP contribution in [0, 0.1) is 0 Å². The summed E-state index contributed by atoms with van der Waals surface area (Å²) in [5.74, 6) is 0.859. The summed E-state index contributed by atoms with van der Waals surface area (Å²) in [5.41, 5.74) is 16.7. The third kappa shape index (κ3) is 6.76. The minimum absolute atomic E-state index is 0.301. The number of nitrogens with zero attached hydrogens (tertiary/aromatic N) is 4. The summed E-state index contributed by atoms with van der Waals surface area (Å²) in [6, 6.07) is 88.7. The van der Waals surface area contributed by atoms with Crippen LogP contribution in [-0.2, 0) is 5.41 Å². The van der Waals surface area contributed by atoms with Gasteiger partial charge in [-0.3, -0.25) is 4.57 Å². The molecule has 0 saturated carbocycles. The highest BCUT2D eigenvalue weighted by Gasteiger charge is 2.40. The Morgan fingerprint density at radius 3 is 1.59 bits per heavy atom. The number of para-hydroxylation sites is 3. The lowest BCUT2D eigenvalue weighted by Crippen LogP contribution is -2.31. The molecule has 0 amide bonds. The molecule has 0 N–H and O–H groups in total. The van der Waals surface area contributed by atoms with Crippen molar-refractivity contribution < 1.29 is 0 Å². The number of hydrogen-bond acceptors (Lipinski definition) is 1. The van der Waals surface area contributed by atoms with E-state index < -0.39 is 5.41 Å². The Kier molecular flexibility index (Phi) is 10.2. The number of benzene rings is 9. The molecule has 0 saturated heterocycles. The zero-order valence-electron chi connectivity index (χ0n) is 38.1. The van der Waals surface area contributed by atoms with Crippen LogP contribution < -0.4 is 0 Å². The van der Waals surface area contributed by atoms with Gasteiger partial charge in [0.15, 0.2) is 17.4 Å². The minimum atomic E-state index is -0.709. The number of rotatable bonds is 10. The number of pyridine rings is 1. The van der Waals surface area contributed by atoms with Gasteiger partial charge in [0.2, 0.25) is 0 Å². The van der Waals surface area contributed by atoms with Crippen LogP contribution in [0.15, 0.2) is 255 Å². The second-order valence-corrected chi connectivity index (χ2v) is 18.0. The molecular formula is C64H49N4+. The van der Waals surface area contributed by atoms with Gasteiger partial charge in [0.25, 0.3) is 0 Å². The van der Waals surface area contributed by atoms with Gasteiger partial charge in [-0.05, 0) is 112 Å². The first-order chi connectivity index (χ1) is 33.6. The molecule has 0 radical (unpaired) electrons. The van der Waals surface area contributed by atoms with Crippen LogP contribution in [0.3, 0.4) is 0 Å². The Bertz CT molecular complexity index is 3660. The van der Waals surface area contributed by atoms with Gasteiger partial charge in [0, 0.05) is 41.2 Å². The van der Waals surface area contributed by atoms with Crippen molar-refractivity contribution in [3.8, 4) is 44.9 Å². The molecule has 3 heterocycles. The van der Waals surface area contributed by atoms with Gasteiger partial charge in [-0.15, -0.1) is 0 Å². The van der Waals surface area contributed by atoms with Crippen LogP contribution in [0.2, 0.25) is 0 Å². The predicted octanol–water partition coefficient (Wildman–Crippen LogP) is 16.2. The van der Waals surface area contributed by atoms with E-state index in [-0.39, 0.29) is 0 Å². The van der Waals surface area contributed by atoms with E-state index >= 15 is 0 Å². The maximum atomic E-state index is 5.22. The molecular weight excluding hydrogens is 825 g/mol. The summed E-state index contributed by atoms with van der Waals surface area (Å²) < 4.78 is 7.08. The average Bonchev–Trinajstić information content (AvgIpc) is 3.97. The molecule has 0 aliphatic rings. The molecule has 12 rings (SSSR count). The Labute approximate surface area is 397 Å². The first-order valence-corrected chi connectivity index (χ1v) is 23.6. The molecule has 0 bridgehead atoms. The summed E-state index contributed by atoms with van der Waals surface area (Å²) in [6.45, 7) is 4.49. The topological polar surface area (TPSA) is 27.7 Å². The normalized spacial score (nSPS) is 11.8. The molecule has 9 aromatic carbocycles. The summed E-state index contributed by atoms with van der Waals surface area (Å²) in [6.07, 6.45) is 4.23. The van der Waals surface area contributed by atoms with E-state index in [1.54, 1.807) is 0 Å². The van der Waals surface area contributed by atoms with E-state index in [4.69, 9.17) is 4.98 Å². The van der Waals surface area contributed by atoms with Crippen molar-refractivity contribution in [1.29, 1.82) is 0 Å². The first kappa shape index (κ1) is 40.9. The fourth-order valence-corrected chi connectivity index (χ4v) is 10.7. The summed E-state index contributed by atoms with van der Waals surface area (Å²) in [5, 5.41) is 2.35. The molecule has 12 aromatic rings. The molecule has 4 heteroatoms. The second kappa shape index (κ2) is 17.0. The van der Waals surface area contributed by atoms with Crippen LogP contribution >= 0.6 is 0 Å². The van der Waals surface area contributed by atoms with Gasteiger partial charge in [-0.1, -0.05) is 176 Å². The van der Waals surface area contributed by atoms with Crippen LogP contribution in [0.4, 0.5) is 0 Å². The van der Waals surface area contributed by atoms with E-state index in [0.29, 0.717) is 6.04 Å². The molecule has 0 atom stereocenters. The SMILES string of the molecule is CC(C)n1[cH+]n(-c2cccc(C(c3ccccc3)(c3ccccc3)c3ccc4c5ccccc5n(-c5cc(-c6c(-c7ccccc7)cccc6-c6ccccc6)ccn5)c4c3)c2)c2ccccc21. The van der Waals surface area contributed by atoms with Crippen molar-refractivity contribution in [3.63, 3.8) is 0 Å². The smallest absolute Gasteiger partial charge is 0.191 e. The first-order valence-electron chi connectivity index (χ1n) is 23.6. The Hall–Kier alpha value is -8.60. The Morgan fingerprint density at radius 1 is 0.412 bits per heavy atom. The van der Waals surface area contributed by atoms with Crippen molar-refractivity contribution in [2.45, 2.75) is 25.3 Å². The molecule has 0 unspecified atom stereocenters. The average molecular weight is 874 g/mol. The van der Waals surface area contributed by atoms with E-state index in [2.05, 4.69) is 277 Å². The van der Waals surface area contributed by atoms with Crippen LogP contribution in [0.5, 0.6) is 0 Å². The quantitative estimate of drug-likeness (QED) is 0.0994. The van der Waals surface area contributed by atoms with Crippen molar-refractivity contribution in [2.75, 3.05) is 0 Å². The Balaban J connectivity index is 1.12. The third-order valence-electron chi connectivity index (χ3n) is 13.8.